The number of aliphatic hydroxyl groups is 1. The van der Waals surface area contributed by atoms with Crippen LogP contribution in [0.15, 0.2) is 29.2 Å². The molecule has 0 aliphatic carbocycles. The van der Waals surface area contributed by atoms with Gasteiger partial charge in [-0.3, -0.25) is 10.2 Å². The second kappa shape index (κ2) is 7.87. The summed E-state index contributed by atoms with van der Waals surface area (Å²) in [5.41, 5.74) is 3.24. The first-order chi connectivity index (χ1) is 10.9. The van der Waals surface area contributed by atoms with Gasteiger partial charge in [0.2, 0.25) is 10.0 Å². The van der Waals surface area contributed by atoms with Crippen molar-refractivity contribution in [1.82, 2.24) is 15.2 Å². The van der Waals surface area contributed by atoms with Gasteiger partial charge in [0.15, 0.2) is 0 Å². The van der Waals surface area contributed by atoms with Crippen LogP contribution < -0.4 is 10.1 Å². The number of hydrogen-bond acceptors (Lipinski definition) is 5. The quantitative estimate of drug-likeness (QED) is 0.699. The van der Waals surface area contributed by atoms with E-state index in [-0.39, 0.29) is 17.4 Å². The van der Waals surface area contributed by atoms with Crippen LogP contribution in [0.4, 0.5) is 0 Å². The van der Waals surface area contributed by atoms with Crippen LogP contribution in [0, 0.1) is 0 Å². The fraction of sp³-hybridized carbons (Fsp3) is 0.533. The van der Waals surface area contributed by atoms with Crippen LogP contribution in [0.25, 0.3) is 0 Å². The molecule has 23 heavy (non-hydrogen) atoms. The van der Waals surface area contributed by atoms with E-state index in [4.69, 9.17) is 5.11 Å². The van der Waals surface area contributed by atoms with Crippen LogP contribution in [0.2, 0.25) is 0 Å². The number of hydrogen-bond donors (Lipinski definition) is 3. The number of sulfonamides is 1. The third-order valence-electron chi connectivity index (χ3n) is 3.67. The summed E-state index contributed by atoms with van der Waals surface area (Å²) < 4.78 is 26.5. The van der Waals surface area contributed by atoms with Crippen molar-refractivity contribution < 1.29 is 18.3 Å². The van der Waals surface area contributed by atoms with Crippen LogP contribution in [-0.2, 0) is 10.0 Å². The Morgan fingerprint density at radius 2 is 1.83 bits per heavy atom. The summed E-state index contributed by atoms with van der Waals surface area (Å²) in [6.07, 6.45) is 3.30. The molecule has 1 unspecified atom stereocenters. The predicted molar refractivity (Wildman–Crippen MR) is 86.2 cm³/mol. The lowest BCUT2D eigenvalue weighted by atomic mass is 10.1. The van der Waals surface area contributed by atoms with Crippen LogP contribution in [0.3, 0.4) is 0 Å². The van der Waals surface area contributed by atoms with E-state index >= 15 is 0 Å². The van der Waals surface area contributed by atoms with Crippen molar-refractivity contribution in [3.05, 3.63) is 29.8 Å². The van der Waals surface area contributed by atoms with E-state index in [9.17, 15) is 13.2 Å². The van der Waals surface area contributed by atoms with Crippen LogP contribution in [-0.4, -0.2) is 50.2 Å². The van der Waals surface area contributed by atoms with Gasteiger partial charge in [-0.1, -0.05) is 6.42 Å². The number of amides is 1. The average molecular weight is 341 g/mol. The van der Waals surface area contributed by atoms with Crippen molar-refractivity contribution in [3.63, 3.8) is 0 Å². The van der Waals surface area contributed by atoms with E-state index in [0.29, 0.717) is 5.56 Å². The summed E-state index contributed by atoms with van der Waals surface area (Å²) in [5, 5.41) is 10.8. The van der Waals surface area contributed by atoms with E-state index in [1.807, 2.05) is 5.01 Å². The summed E-state index contributed by atoms with van der Waals surface area (Å²) in [7, 11) is -3.69. The first kappa shape index (κ1) is 17.9. The number of rotatable bonds is 6. The van der Waals surface area contributed by atoms with Crippen molar-refractivity contribution in [2.75, 3.05) is 19.7 Å². The van der Waals surface area contributed by atoms with Gasteiger partial charge in [0.1, 0.15) is 0 Å². The Morgan fingerprint density at radius 3 is 2.39 bits per heavy atom. The fourth-order valence-corrected chi connectivity index (χ4v) is 3.60. The molecule has 0 saturated carbocycles. The third kappa shape index (κ3) is 5.00. The molecular formula is C15H23N3O4S. The summed E-state index contributed by atoms with van der Waals surface area (Å²) in [4.78, 5) is 12.2. The highest BCUT2D eigenvalue weighted by atomic mass is 32.2. The van der Waals surface area contributed by atoms with E-state index < -0.39 is 16.1 Å². The number of carbonyl (C=O) groups excluding carboxylic acids is 1. The maximum absolute atomic E-state index is 12.1. The Bertz CT molecular complexity index is 625. The number of nitrogens with zero attached hydrogens (tertiary/aromatic N) is 1. The Balaban J connectivity index is 2.02. The lowest BCUT2D eigenvalue weighted by molar-refractivity contribution is 0.0750. The maximum Gasteiger partial charge on any atom is 0.265 e. The van der Waals surface area contributed by atoms with Crippen molar-refractivity contribution in [2.24, 2.45) is 0 Å². The zero-order chi connectivity index (χ0) is 16.9. The molecule has 1 atom stereocenters. The van der Waals surface area contributed by atoms with Gasteiger partial charge in [-0.05, 0) is 44.0 Å². The molecule has 1 heterocycles. The zero-order valence-corrected chi connectivity index (χ0v) is 14.0. The number of nitrogens with one attached hydrogen (secondary N) is 2. The summed E-state index contributed by atoms with van der Waals surface area (Å²) >= 11 is 0. The standard InChI is InChI=1S/C15H23N3O4S/c1-12(11-19)17-23(21,22)14-7-5-13(6-8-14)15(20)16-18-9-3-2-4-10-18/h5-8,12,17,19H,2-4,9-11H2,1H3,(H,16,20). The summed E-state index contributed by atoms with van der Waals surface area (Å²) in [6, 6.07) is 5.17. The lowest BCUT2D eigenvalue weighted by Crippen LogP contribution is -2.45. The summed E-state index contributed by atoms with van der Waals surface area (Å²) in [5.74, 6) is -0.243. The van der Waals surface area contributed by atoms with Gasteiger partial charge < -0.3 is 5.11 Å². The normalized spacial score (nSPS) is 17.7. The molecule has 0 radical (unpaired) electrons. The van der Waals surface area contributed by atoms with Gasteiger partial charge in [-0.15, -0.1) is 0 Å². The topological polar surface area (TPSA) is 98.7 Å². The Morgan fingerprint density at radius 1 is 1.22 bits per heavy atom. The molecule has 1 aromatic rings. The molecule has 2 rings (SSSR count). The highest BCUT2D eigenvalue weighted by molar-refractivity contribution is 7.89. The Labute approximate surface area is 136 Å². The number of carbonyl (C=O) groups is 1. The minimum atomic E-state index is -3.69. The van der Waals surface area contributed by atoms with Crippen LogP contribution in [0.5, 0.6) is 0 Å². The van der Waals surface area contributed by atoms with Crippen molar-refractivity contribution >= 4 is 15.9 Å². The third-order valence-corrected chi connectivity index (χ3v) is 5.28. The monoisotopic (exact) mass is 341 g/mol. The molecule has 1 aliphatic heterocycles. The molecule has 8 heteroatoms. The lowest BCUT2D eigenvalue weighted by Gasteiger charge is -2.26. The molecule has 0 spiro atoms. The number of piperidine rings is 1. The van der Waals surface area contributed by atoms with Crippen LogP contribution in [0.1, 0.15) is 36.5 Å². The molecular weight excluding hydrogens is 318 g/mol. The SMILES string of the molecule is CC(CO)NS(=O)(=O)c1ccc(C(=O)NN2CCCCC2)cc1. The maximum atomic E-state index is 12.1. The van der Waals surface area contributed by atoms with E-state index in [1.165, 1.54) is 30.7 Å². The van der Waals surface area contributed by atoms with Crippen molar-refractivity contribution in [2.45, 2.75) is 37.1 Å². The highest BCUT2D eigenvalue weighted by Crippen LogP contribution is 2.12. The highest BCUT2D eigenvalue weighted by Gasteiger charge is 2.18. The van der Waals surface area contributed by atoms with Gasteiger partial charge in [0.05, 0.1) is 11.5 Å². The van der Waals surface area contributed by atoms with Crippen molar-refractivity contribution in [3.8, 4) is 0 Å². The van der Waals surface area contributed by atoms with Crippen LogP contribution >= 0.6 is 0 Å². The van der Waals surface area contributed by atoms with Crippen molar-refractivity contribution in [1.29, 1.82) is 0 Å². The molecule has 3 N–H and O–H groups in total. The molecule has 0 bridgehead atoms. The second-order valence-corrected chi connectivity index (χ2v) is 7.43. The van der Waals surface area contributed by atoms with Gasteiger partial charge in [0.25, 0.3) is 5.91 Å². The number of aliphatic hydroxyl groups excluding tert-OH is 1. The molecule has 1 saturated heterocycles. The first-order valence-electron chi connectivity index (χ1n) is 7.71. The van der Waals surface area contributed by atoms with Gasteiger partial charge in [0, 0.05) is 24.7 Å². The molecule has 1 aromatic carbocycles. The second-order valence-electron chi connectivity index (χ2n) is 5.72. The van der Waals surface area contributed by atoms with Gasteiger partial charge in [-0.2, -0.15) is 0 Å². The minimum Gasteiger partial charge on any atom is -0.395 e. The number of benzene rings is 1. The van der Waals surface area contributed by atoms with Gasteiger partial charge in [-0.25, -0.2) is 18.1 Å². The Hall–Kier alpha value is -1.48. The zero-order valence-electron chi connectivity index (χ0n) is 13.2. The average Bonchev–Trinajstić information content (AvgIpc) is 2.55. The van der Waals surface area contributed by atoms with E-state index in [0.717, 1.165) is 25.9 Å². The molecule has 7 nitrogen and oxygen atoms in total. The fourth-order valence-electron chi connectivity index (χ4n) is 2.37. The van der Waals surface area contributed by atoms with Gasteiger partial charge >= 0.3 is 0 Å². The van der Waals surface area contributed by atoms with E-state index in [1.54, 1.807) is 6.92 Å². The molecule has 1 fully saturated rings. The summed E-state index contributed by atoms with van der Waals surface area (Å²) in [6.45, 7) is 2.95. The molecule has 1 amide bonds. The largest absolute Gasteiger partial charge is 0.395 e. The molecule has 0 aromatic heterocycles. The predicted octanol–water partition coefficient (Wildman–Crippen LogP) is 0.476. The van der Waals surface area contributed by atoms with E-state index in [2.05, 4.69) is 10.1 Å². The Kier molecular flexibility index (Phi) is 6.11. The minimum absolute atomic E-state index is 0.0623. The first-order valence-corrected chi connectivity index (χ1v) is 9.20. The molecule has 128 valence electrons. The number of hydrazine groups is 1. The molecule has 1 aliphatic rings. The smallest absolute Gasteiger partial charge is 0.265 e.